The molecule has 0 aliphatic heterocycles. The summed E-state index contributed by atoms with van der Waals surface area (Å²) < 4.78 is 0. The summed E-state index contributed by atoms with van der Waals surface area (Å²) in [6.07, 6.45) is 43.6. The van der Waals surface area contributed by atoms with Crippen LogP contribution >= 0.6 is 0 Å². The molecule has 0 aliphatic rings. The van der Waals surface area contributed by atoms with Crippen LogP contribution < -0.4 is 0 Å². The molecule has 0 amide bonds. The van der Waals surface area contributed by atoms with Crippen molar-refractivity contribution in [2.24, 2.45) is 0 Å². The number of allylic oxidation sites excluding steroid dienone is 4. The minimum atomic E-state index is -0.528. The Morgan fingerprint density at radius 2 is 0.658 bits per heavy atom. The molecule has 2 unspecified atom stereocenters. The van der Waals surface area contributed by atoms with E-state index in [1.54, 1.807) is 0 Å². The molecular weight excluding hydrogens is 464 g/mol. The van der Waals surface area contributed by atoms with Gasteiger partial charge in [-0.3, -0.25) is 0 Å². The number of rotatable bonds is 31. The van der Waals surface area contributed by atoms with E-state index in [2.05, 4.69) is 38.2 Å². The van der Waals surface area contributed by atoms with Crippen molar-refractivity contribution in [3.8, 4) is 0 Å². The van der Waals surface area contributed by atoms with Crippen LogP contribution in [0.1, 0.15) is 194 Å². The maximum Gasteiger partial charge on any atom is 0.0799 e. The van der Waals surface area contributed by atoms with Crippen molar-refractivity contribution in [1.29, 1.82) is 0 Å². The van der Waals surface area contributed by atoms with Crippen LogP contribution in [0.4, 0.5) is 0 Å². The van der Waals surface area contributed by atoms with Crippen LogP contribution in [0.15, 0.2) is 24.3 Å². The Balaban J connectivity index is 3.35. The predicted octanol–water partition coefficient (Wildman–Crippen LogP) is 11.8. The average molecular weight is 535 g/mol. The number of unbranched alkanes of at least 4 members (excludes halogenated alkanes) is 22. The van der Waals surface area contributed by atoms with Crippen LogP contribution in [-0.4, -0.2) is 22.4 Å². The summed E-state index contributed by atoms with van der Waals surface area (Å²) in [7, 11) is 0. The fourth-order valence-corrected chi connectivity index (χ4v) is 5.27. The molecule has 0 aliphatic carbocycles. The second-order valence-electron chi connectivity index (χ2n) is 11.9. The van der Waals surface area contributed by atoms with E-state index >= 15 is 0 Å². The average Bonchev–Trinajstić information content (AvgIpc) is 2.92. The maximum absolute atomic E-state index is 10.3. The Bertz CT molecular complexity index is 484. The molecule has 0 saturated carbocycles. The van der Waals surface area contributed by atoms with E-state index in [0.717, 1.165) is 32.1 Å². The highest BCUT2D eigenvalue weighted by atomic mass is 16.3. The van der Waals surface area contributed by atoms with Crippen molar-refractivity contribution in [3.63, 3.8) is 0 Å². The molecular formula is C36H70O2. The van der Waals surface area contributed by atoms with Crippen molar-refractivity contribution in [2.45, 2.75) is 206 Å². The molecule has 2 N–H and O–H groups in total. The fourth-order valence-electron chi connectivity index (χ4n) is 5.27. The Hall–Kier alpha value is -0.600. The highest BCUT2D eigenvalue weighted by molar-refractivity contribution is 4.92. The Labute approximate surface area is 240 Å². The largest absolute Gasteiger partial charge is 0.390 e. The van der Waals surface area contributed by atoms with E-state index in [1.165, 1.54) is 148 Å². The molecule has 226 valence electrons. The molecule has 2 atom stereocenters. The molecule has 2 nitrogen and oxygen atoms in total. The molecule has 0 rings (SSSR count). The summed E-state index contributed by atoms with van der Waals surface area (Å²) in [4.78, 5) is 0. The molecule has 0 saturated heterocycles. The summed E-state index contributed by atoms with van der Waals surface area (Å²) in [5.74, 6) is 0. The zero-order valence-corrected chi connectivity index (χ0v) is 26.2. The normalized spacial score (nSPS) is 13.7. The van der Waals surface area contributed by atoms with E-state index in [0.29, 0.717) is 0 Å². The number of hydrogen-bond acceptors (Lipinski definition) is 2. The van der Waals surface area contributed by atoms with Crippen LogP contribution in [0.5, 0.6) is 0 Å². The highest BCUT2D eigenvalue weighted by Gasteiger charge is 2.15. The molecule has 38 heavy (non-hydrogen) atoms. The highest BCUT2D eigenvalue weighted by Crippen LogP contribution is 2.16. The maximum atomic E-state index is 10.3. The second-order valence-corrected chi connectivity index (χ2v) is 11.9. The van der Waals surface area contributed by atoms with Crippen LogP contribution in [0.25, 0.3) is 0 Å². The van der Waals surface area contributed by atoms with E-state index in [-0.39, 0.29) is 0 Å². The van der Waals surface area contributed by atoms with Gasteiger partial charge in [0.1, 0.15) is 0 Å². The first-order valence-electron chi connectivity index (χ1n) is 17.4. The quantitative estimate of drug-likeness (QED) is 0.0685. The van der Waals surface area contributed by atoms with E-state index in [1.807, 2.05) is 0 Å². The zero-order chi connectivity index (χ0) is 27.8. The first-order valence-corrected chi connectivity index (χ1v) is 17.4. The zero-order valence-electron chi connectivity index (χ0n) is 26.2. The van der Waals surface area contributed by atoms with Gasteiger partial charge in [0.15, 0.2) is 0 Å². The molecule has 0 radical (unpaired) electrons. The first-order chi connectivity index (χ1) is 18.7. The third-order valence-corrected chi connectivity index (χ3v) is 8.00. The number of aliphatic hydroxyl groups excluding tert-OH is 2. The smallest absolute Gasteiger partial charge is 0.0799 e. The predicted molar refractivity (Wildman–Crippen MR) is 171 cm³/mol. The number of aliphatic hydroxyl groups is 2. The van der Waals surface area contributed by atoms with Crippen molar-refractivity contribution in [2.75, 3.05) is 0 Å². The van der Waals surface area contributed by atoms with Gasteiger partial charge in [-0.05, 0) is 44.9 Å². The lowest BCUT2D eigenvalue weighted by atomic mass is 9.99. The van der Waals surface area contributed by atoms with Gasteiger partial charge in [-0.1, -0.05) is 173 Å². The van der Waals surface area contributed by atoms with Gasteiger partial charge >= 0.3 is 0 Å². The minimum Gasteiger partial charge on any atom is -0.390 e. The lowest BCUT2D eigenvalue weighted by Gasteiger charge is -2.17. The molecule has 2 heteroatoms. The second kappa shape index (κ2) is 32.6. The lowest BCUT2D eigenvalue weighted by molar-refractivity contribution is 0.00712. The Morgan fingerprint density at radius 3 is 1.05 bits per heavy atom. The summed E-state index contributed by atoms with van der Waals surface area (Å²) in [5, 5.41) is 20.5. The third kappa shape index (κ3) is 29.9. The van der Waals surface area contributed by atoms with E-state index in [4.69, 9.17) is 0 Å². The van der Waals surface area contributed by atoms with Gasteiger partial charge in [0.2, 0.25) is 0 Å². The standard InChI is InChI=1S/C36H70O2/c1-3-5-7-9-11-13-15-17-19-21-23-25-27-29-31-33-35(37)36(38)34-32-30-28-26-24-22-20-18-16-14-12-10-8-6-4-2/h11,13,17,19,35-38H,3-10,12,14-16,18,20-34H2,1-2H3/b13-11-,19-17-. The SMILES string of the molecule is CCCCC/C=C\C/C=C\CCCCCCCC(O)C(O)CCCCCCCCCCCCCCCCC. The molecule has 0 bridgehead atoms. The van der Waals surface area contributed by atoms with Gasteiger partial charge < -0.3 is 10.2 Å². The summed E-state index contributed by atoms with van der Waals surface area (Å²) in [6, 6.07) is 0. The van der Waals surface area contributed by atoms with E-state index in [9.17, 15) is 10.2 Å². The van der Waals surface area contributed by atoms with Gasteiger partial charge in [-0.25, -0.2) is 0 Å². The molecule has 0 aromatic heterocycles. The molecule has 0 aromatic rings. The van der Waals surface area contributed by atoms with E-state index < -0.39 is 12.2 Å². The monoisotopic (exact) mass is 535 g/mol. The van der Waals surface area contributed by atoms with Crippen LogP contribution in [0, 0.1) is 0 Å². The van der Waals surface area contributed by atoms with Crippen LogP contribution in [0.3, 0.4) is 0 Å². The summed E-state index contributed by atoms with van der Waals surface area (Å²) >= 11 is 0. The molecule has 0 spiro atoms. The summed E-state index contributed by atoms with van der Waals surface area (Å²) in [5.41, 5.74) is 0. The Kier molecular flexibility index (Phi) is 32.1. The van der Waals surface area contributed by atoms with Crippen molar-refractivity contribution in [3.05, 3.63) is 24.3 Å². The van der Waals surface area contributed by atoms with Gasteiger partial charge in [-0.2, -0.15) is 0 Å². The topological polar surface area (TPSA) is 40.5 Å². The minimum absolute atomic E-state index is 0.525. The van der Waals surface area contributed by atoms with Gasteiger partial charge in [0.25, 0.3) is 0 Å². The lowest BCUT2D eigenvalue weighted by Crippen LogP contribution is -2.25. The van der Waals surface area contributed by atoms with Crippen LogP contribution in [0.2, 0.25) is 0 Å². The first kappa shape index (κ1) is 37.4. The molecule has 0 fully saturated rings. The summed E-state index contributed by atoms with van der Waals surface area (Å²) in [6.45, 7) is 4.54. The number of hydrogen-bond donors (Lipinski definition) is 2. The van der Waals surface area contributed by atoms with Crippen molar-refractivity contribution in [1.82, 2.24) is 0 Å². The van der Waals surface area contributed by atoms with Crippen molar-refractivity contribution >= 4 is 0 Å². The Morgan fingerprint density at radius 1 is 0.368 bits per heavy atom. The van der Waals surface area contributed by atoms with Crippen molar-refractivity contribution < 1.29 is 10.2 Å². The fraction of sp³-hybridized carbons (Fsp3) is 0.889. The molecule has 0 aromatic carbocycles. The molecule has 0 heterocycles. The van der Waals surface area contributed by atoms with Gasteiger partial charge in [0.05, 0.1) is 12.2 Å². The third-order valence-electron chi connectivity index (χ3n) is 8.00. The van der Waals surface area contributed by atoms with Gasteiger partial charge in [-0.15, -0.1) is 0 Å². The van der Waals surface area contributed by atoms with Gasteiger partial charge in [0, 0.05) is 0 Å². The van der Waals surface area contributed by atoms with Crippen LogP contribution in [-0.2, 0) is 0 Å².